The Bertz CT molecular complexity index is 439. The second-order valence-electron chi connectivity index (χ2n) is 3.26. The number of carboxylic acids is 1. The molecule has 1 N–H and O–H groups in total. The van der Waals surface area contributed by atoms with E-state index < -0.39 is 16.8 Å². The molecule has 1 rings (SSSR count). The van der Waals surface area contributed by atoms with Gasteiger partial charge in [0.05, 0.1) is 16.2 Å². The first-order valence-corrected chi connectivity index (χ1v) is 5.23. The van der Waals surface area contributed by atoms with Crippen LogP contribution in [0.2, 0.25) is 0 Å². The zero-order valence-electron chi connectivity index (χ0n) is 8.37. The fourth-order valence-corrected chi connectivity index (χ4v) is 2.03. The van der Waals surface area contributed by atoms with Crippen LogP contribution in [-0.4, -0.2) is 21.8 Å². The lowest BCUT2D eigenvalue weighted by atomic mass is 10.0. The second kappa shape index (κ2) is 4.84. The van der Waals surface area contributed by atoms with Gasteiger partial charge in [0, 0.05) is 12.0 Å². The molecule has 6 nitrogen and oxygen atoms in total. The Balaban J connectivity index is 2.80. The number of Topliss-reactive ketones (excluding diaryl/α,β-unsaturated/α-hetero) is 1. The van der Waals surface area contributed by atoms with E-state index in [2.05, 4.69) is 0 Å². The van der Waals surface area contributed by atoms with Crippen molar-refractivity contribution in [2.45, 2.75) is 13.3 Å². The number of carboxylic acid groups (broad SMARTS) is 1. The van der Waals surface area contributed by atoms with E-state index in [1.165, 1.54) is 19.1 Å². The van der Waals surface area contributed by atoms with Crippen molar-refractivity contribution in [2.24, 2.45) is 5.92 Å². The fraction of sp³-hybridized carbons (Fsp3) is 0.333. The van der Waals surface area contributed by atoms with Gasteiger partial charge in [-0.05, 0) is 6.07 Å². The zero-order valence-corrected chi connectivity index (χ0v) is 9.19. The Morgan fingerprint density at radius 1 is 1.56 bits per heavy atom. The Kier molecular flexibility index (Phi) is 3.73. The van der Waals surface area contributed by atoms with E-state index >= 15 is 0 Å². The third kappa shape index (κ3) is 2.86. The molecule has 0 fully saturated rings. The highest BCUT2D eigenvalue weighted by atomic mass is 32.1. The van der Waals surface area contributed by atoms with E-state index in [1.807, 2.05) is 0 Å². The van der Waals surface area contributed by atoms with Crippen molar-refractivity contribution in [3.63, 3.8) is 0 Å². The number of rotatable bonds is 5. The van der Waals surface area contributed by atoms with Gasteiger partial charge in [0.2, 0.25) is 0 Å². The minimum Gasteiger partial charge on any atom is -0.481 e. The first kappa shape index (κ1) is 12.3. The molecule has 0 aliphatic carbocycles. The summed E-state index contributed by atoms with van der Waals surface area (Å²) in [4.78, 5) is 32.1. The summed E-state index contributed by atoms with van der Waals surface area (Å²) in [5, 5.41) is 18.8. The number of nitro groups is 1. The normalized spacial score (nSPS) is 12.1. The maximum atomic E-state index is 11.6. The largest absolute Gasteiger partial charge is 0.481 e. The second-order valence-corrected chi connectivity index (χ2v) is 4.32. The maximum Gasteiger partial charge on any atom is 0.324 e. The molecule has 0 radical (unpaired) electrons. The molecule has 0 spiro atoms. The topological polar surface area (TPSA) is 97.5 Å². The van der Waals surface area contributed by atoms with Gasteiger partial charge in [0.25, 0.3) is 0 Å². The molecular formula is C9H9NO5S. The van der Waals surface area contributed by atoms with Crippen LogP contribution in [0.15, 0.2) is 12.1 Å². The van der Waals surface area contributed by atoms with Crippen molar-refractivity contribution in [1.82, 2.24) is 0 Å². The van der Waals surface area contributed by atoms with E-state index in [-0.39, 0.29) is 22.1 Å². The molecule has 7 heteroatoms. The van der Waals surface area contributed by atoms with Gasteiger partial charge in [0.1, 0.15) is 0 Å². The number of hydrogen-bond acceptors (Lipinski definition) is 5. The van der Waals surface area contributed by atoms with Gasteiger partial charge in [0.15, 0.2) is 5.78 Å². The summed E-state index contributed by atoms with van der Waals surface area (Å²) in [5.74, 6) is -2.11. The molecule has 0 saturated heterocycles. The summed E-state index contributed by atoms with van der Waals surface area (Å²) in [7, 11) is 0. The number of hydrogen-bond donors (Lipinski definition) is 1. The monoisotopic (exact) mass is 243 g/mol. The van der Waals surface area contributed by atoms with Crippen LogP contribution < -0.4 is 0 Å². The summed E-state index contributed by atoms with van der Waals surface area (Å²) >= 11 is 0.763. The average molecular weight is 243 g/mol. The van der Waals surface area contributed by atoms with Crippen LogP contribution in [0, 0.1) is 16.0 Å². The molecule has 1 atom stereocenters. The highest BCUT2D eigenvalue weighted by Gasteiger charge is 2.22. The van der Waals surface area contributed by atoms with Crippen molar-refractivity contribution >= 4 is 28.1 Å². The molecule has 0 aromatic carbocycles. The minimum absolute atomic E-state index is 0.120. The van der Waals surface area contributed by atoms with E-state index in [1.54, 1.807) is 0 Å². The highest BCUT2D eigenvalue weighted by molar-refractivity contribution is 7.17. The lowest BCUT2D eigenvalue weighted by molar-refractivity contribution is -0.380. The Hall–Kier alpha value is -1.76. The van der Waals surface area contributed by atoms with Crippen LogP contribution in [0.4, 0.5) is 5.00 Å². The number of ketones is 1. The van der Waals surface area contributed by atoms with Gasteiger partial charge >= 0.3 is 11.0 Å². The summed E-state index contributed by atoms with van der Waals surface area (Å²) in [6, 6.07) is 2.59. The first-order valence-electron chi connectivity index (χ1n) is 4.42. The molecule has 0 bridgehead atoms. The molecule has 1 heterocycles. The molecule has 0 amide bonds. The van der Waals surface area contributed by atoms with Gasteiger partial charge < -0.3 is 5.11 Å². The Morgan fingerprint density at radius 3 is 2.62 bits per heavy atom. The summed E-state index contributed by atoms with van der Waals surface area (Å²) in [6.45, 7) is 1.49. The van der Waals surface area contributed by atoms with Crippen LogP contribution in [0.3, 0.4) is 0 Å². The van der Waals surface area contributed by atoms with Crippen molar-refractivity contribution in [3.05, 3.63) is 27.1 Å². The smallest absolute Gasteiger partial charge is 0.324 e. The predicted octanol–water partition coefficient (Wildman–Crippen LogP) is 1.95. The summed E-state index contributed by atoms with van der Waals surface area (Å²) < 4.78 is 0. The van der Waals surface area contributed by atoms with Crippen molar-refractivity contribution in [3.8, 4) is 0 Å². The number of carbonyl (C=O) groups excluding carboxylic acids is 1. The number of carbonyl (C=O) groups is 2. The fourth-order valence-electron chi connectivity index (χ4n) is 1.16. The third-order valence-electron chi connectivity index (χ3n) is 1.94. The van der Waals surface area contributed by atoms with Gasteiger partial charge in [-0.25, -0.2) is 0 Å². The molecule has 1 unspecified atom stereocenters. The third-order valence-corrected chi connectivity index (χ3v) is 2.99. The van der Waals surface area contributed by atoms with Crippen molar-refractivity contribution < 1.29 is 19.6 Å². The van der Waals surface area contributed by atoms with Crippen LogP contribution in [-0.2, 0) is 4.79 Å². The van der Waals surface area contributed by atoms with Gasteiger partial charge in [-0.3, -0.25) is 19.7 Å². The molecular weight excluding hydrogens is 234 g/mol. The van der Waals surface area contributed by atoms with Crippen LogP contribution in [0.25, 0.3) is 0 Å². The first-order chi connectivity index (χ1) is 7.41. The van der Waals surface area contributed by atoms with E-state index in [9.17, 15) is 19.7 Å². The standard InChI is InChI=1S/C9H9NO5S/c1-5(4-8(11)12)9(13)6-2-3-7(16-6)10(14)15/h2-3,5H,4H2,1H3,(H,11,12). The molecule has 0 aliphatic heterocycles. The van der Waals surface area contributed by atoms with E-state index in [0.29, 0.717) is 0 Å². The summed E-state index contributed by atoms with van der Waals surface area (Å²) in [6.07, 6.45) is -0.273. The quantitative estimate of drug-likeness (QED) is 0.484. The predicted molar refractivity (Wildman–Crippen MR) is 56.7 cm³/mol. The molecule has 1 aromatic rings. The molecule has 86 valence electrons. The molecule has 1 aromatic heterocycles. The van der Waals surface area contributed by atoms with Crippen molar-refractivity contribution in [2.75, 3.05) is 0 Å². The zero-order chi connectivity index (χ0) is 12.3. The Labute approximate surface area is 94.7 Å². The van der Waals surface area contributed by atoms with Gasteiger partial charge in [-0.2, -0.15) is 0 Å². The van der Waals surface area contributed by atoms with Crippen molar-refractivity contribution in [1.29, 1.82) is 0 Å². The highest BCUT2D eigenvalue weighted by Crippen LogP contribution is 2.26. The maximum absolute atomic E-state index is 11.6. The van der Waals surface area contributed by atoms with E-state index in [0.717, 1.165) is 11.3 Å². The summed E-state index contributed by atoms with van der Waals surface area (Å²) in [5.41, 5.74) is 0. The van der Waals surface area contributed by atoms with Crippen LogP contribution in [0.5, 0.6) is 0 Å². The van der Waals surface area contributed by atoms with Gasteiger partial charge in [-0.15, -0.1) is 0 Å². The number of thiophene rings is 1. The van der Waals surface area contributed by atoms with Crippen LogP contribution >= 0.6 is 11.3 Å². The number of nitrogens with zero attached hydrogens (tertiary/aromatic N) is 1. The lowest BCUT2D eigenvalue weighted by Crippen LogP contribution is -2.14. The van der Waals surface area contributed by atoms with Crippen LogP contribution in [0.1, 0.15) is 23.0 Å². The molecule has 16 heavy (non-hydrogen) atoms. The van der Waals surface area contributed by atoms with Gasteiger partial charge in [-0.1, -0.05) is 18.3 Å². The Morgan fingerprint density at radius 2 is 2.19 bits per heavy atom. The lowest BCUT2D eigenvalue weighted by Gasteiger charge is -2.04. The SMILES string of the molecule is CC(CC(=O)O)C(=O)c1ccc([N+](=O)[O-])s1. The van der Waals surface area contributed by atoms with E-state index in [4.69, 9.17) is 5.11 Å². The molecule has 0 saturated carbocycles. The minimum atomic E-state index is -1.06. The number of aliphatic carboxylic acids is 1. The molecule has 0 aliphatic rings. The average Bonchev–Trinajstić information content (AvgIpc) is 2.64.